The minimum Gasteiger partial charge on any atom is -0.395 e. The molecule has 0 bridgehead atoms. The first kappa shape index (κ1) is 17.5. The Balaban J connectivity index is 2.10. The molecule has 0 atom stereocenters. The molecule has 5 heteroatoms. The molecular weight excluding hydrogens is 302 g/mol. The number of hydrogen-bond acceptors (Lipinski definition) is 3. The summed E-state index contributed by atoms with van der Waals surface area (Å²) in [6, 6.07) is 12.7. The largest absolute Gasteiger partial charge is 0.395 e. The van der Waals surface area contributed by atoms with Crippen LogP contribution in [0.1, 0.15) is 25.1 Å². The van der Waals surface area contributed by atoms with Gasteiger partial charge in [0.25, 0.3) is 0 Å². The van der Waals surface area contributed by atoms with Crippen LogP contribution in [0.15, 0.2) is 48.7 Å². The van der Waals surface area contributed by atoms with Crippen LogP contribution in [0.4, 0.5) is 10.5 Å². The van der Waals surface area contributed by atoms with Gasteiger partial charge in [-0.1, -0.05) is 18.1 Å². The summed E-state index contributed by atoms with van der Waals surface area (Å²) in [5.41, 5.74) is 2.15. The third kappa shape index (κ3) is 5.11. The molecule has 24 heavy (non-hydrogen) atoms. The molecule has 0 aliphatic carbocycles. The number of carbonyl (C=O) groups excluding carboxylic acids is 1. The minimum absolute atomic E-state index is 0.00396. The second-order valence-electron chi connectivity index (χ2n) is 5.49. The number of nitrogens with one attached hydrogen (secondary N) is 1. The van der Waals surface area contributed by atoms with Gasteiger partial charge in [0.05, 0.1) is 6.61 Å². The topological polar surface area (TPSA) is 65.5 Å². The zero-order valence-corrected chi connectivity index (χ0v) is 13.9. The zero-order chi connectivity index (χ0) is 17.4. The summed E-state index contributed by atoms with van der Waals surface area (Å²) < 4.78 is 0. The van der Waals surface area contributed by atoms with E-state index in [4.69, 9.17) is 5.11 Å². The van der Waals surface area contributed by atoms with Crippen LogP contribution in [-0.2, 0) is 0 Å². The lowest BCUT2D eigenvalue weighted by Crippen LogP contribution is -2.41. The summed E-state index contributed by atoms with van der Waals surface area (Å²) >= 11 is 0. The fourth-order valence-corrected chi connectivity index (χ4v) is 2.14. The minimum atomic E-state index is -0.242. The normalized spacial score (nSPS) is 10.0. The molecule has 1 aromatic carbocycles. The number of carbonyl (C=O) groups is 1. The van der Waals surface area contributed by atoms with E-state index >= 15 is 0 Å². The van der Waals surface area contributed by atoms with Crippen LogP contribution in [0.25, 0.3) is 0 Å². The summed E-state index contributed by atoms with van der Waals surface area (Å²) in [5.74, 6) is 6.02. The van der Waals surface area contributed by atoms with E-state index in [0.717, 1.165) is 5.56 Å². The highest BCUT2D eigenvalue weighted by atomic mass is 16.3. The van der Waals surface area contributed by atoms with Crippen molar-refractivity contribution in [2.24, 2.45) is 0 Å². The van der Waals surface area contributed by atoms with E-state index in [1.54, 1.807) is 17.2 Å². The molecule has 1 aromatic heterocycles. The maximum Gasteiger partial charge on any atom is 0.322 e. The van der Waals surface area contributed by atoms with E-state index in [1.807, 2.05) is 50.2 Å². The second-order valence-corrected chi connectivity index (χ2v) is 5.49. The van der Waals surface area contributed by atoms with Crippen molar-refractivity contribution >= 4 is 11.7 Å². The number of pyridine rings is 1. The zero-order valence-electron chi connectivity index (χ0n) is 13.9. The van der Waals surface area contributed by atoms with E-state index in [2.05, 4.69) is 22.1 Å². The highest BCUT2D eigenvalue weighted by molar-refractivity contribution is 5.89. The predicted molar refractivity (Wildman–Crippen MR) is 94.6 cm³/mol. The van der Waals surface area contributed by atoms with Crippen molar-refractivity contribution in [3.63, 3.8) is 0 Å². The molecule has 2 rings (SSSR count). The third-order valence-electron chi connectivity index (χ3n) is 3.34. The van der Waals surface area contributed by atoms with E-state index in [9.17, 15) is 4.79 Å². The van der Waals surface area contributed by atoms with E-state index < -0.39 is 0 Å². The van der Waals surface area contributed by atoms with Crippen LogP contribution in [0.2, 0.25) is 0 Å². The Morgan fingerprint density at radius 3 is 2.75 bits per heavy atom. The number of hydrogen-bond donors (Lipinski definition) is 2. The first-order chi connectivity index (χ1) is 11.6. The predicted octanol–water partition coefficient (Wildman–Crippen LogP) is 2.72. The molecule has 0 radical (unpaired) electrons. The van der Waals surface area contributed by atoms with Crippen molar-refractivity contribution in [1.29, 1.82) is 0 Å². The van der Waals surface area contributed by atoms with Gasteiger partial charge in [0.15, 0.2) is 0 Å². The van der Waals surface area contributed by atoms with Gasteiger partial charge in [-0.2, -0.15) is 0 Å². The lowest BCUT2D eigenvalue weighted by molar-refractivity contribution is 0.172. The Kier molecular flexibility index (Phi) is 6.35. The van der Waals surface area contributed by atoms with Gasteiger partial charge in [0.1, 0.15) is 5.69 Å². The number of rotatable bonds is 4. The Morgan fingerprint density at radius 2 is 2.08 bits per heavy atom. The molecule has 1 heterocycles. The number of aliphatic hydroxyl groups excluding tert-OH is 1. The van der Waals surface area contributed by atoms with Crippen LogP contribution in [0.3, 0.4) is 0 Å². The van der Waals surface area contributed by atoms with Gasteiger partial charge in [0, 0.05) is 30.0 Å². The van der Waals surface area contributed by atoms with Crippen molar-refractivity contribution in [3.8, 4) is 11.8 Å². The summed E-state index contributed by atoms with van der Waals surface area (Å²) in [4.78, 5) is 18.0. The molecule has 0 unspecified atom stereocenters. The summed E-state index contributed by atoms with van der Waals surface area (Å²) in [7, 11) is 0. The summed E-state index contributed by atoms with van der Waals surface area (Å²) in [6.45, 7) is 4.04. The Morgan fingerprint density at radius 1 is 1.25 bits per heavy atom. The number of aromatic nitrogens is 1. The van der Waals surface area contributed by atoms with Crippen molar-refractivity contribution in [2.75, 3.05) is 18.5 Å². The first-order valence-electron chi connectivity index (χ1n) is 7.81. The lowest BCUT2D eigenvalue weighted by atomic mass is 10.2. The third-order valence-corrected chi connectivity index (χ3v) is 3.34. The fourth-order valence-electron chi connectivity index (χ4n) is 2.14. The van der Waals surface area contributed by atoms with Gasteiger partial charge in [-0.25, -0.2) is 9.78 Å². The average Bonchev–Trinajstić information content (AvgIpc) is 2.58. The van der Waals surface area contributed by atoms with Gasteiger partial charge in [-0.15, -0.1) is 0 Å². The number of urea groups is 1. The molecule has 0 fully saturated rings. The smallest absolute Gasteiger partial charge is 0.322 e. The van der Waals surface area contributed by atoms with Crippen LogP contribution < -0.4 is 5.32 Å². The van der Waals surface area contributed by atoms with E-state index in [0.29, 0.717) is 17.9 Å². The van der Waals surface area contributed by atoms with Gasteiger partial charge in [-0.3, -0.25) is 0 Å². The molecule has 124 valence electrons. The van der Waals surface area contributed by atoms with Gasteiger partial charge >= 0.3 is 6.03 Å². The molecular formula is C19H21N3O2. The van der Waals surface area contributed by atoms with Crippen molar-refractivity contribution in [3.05, 3.63) is 59.9 Å². The van der Waals surface area contributed by atoms with Crippen molar-refractivity contribution in [1.82, 2.24) is 9.88 Å². The highest BCUT2D eigenvalue weighted by Crippen LogP contribution is 2.12. The monoisotopic (exact) mass is 323 g/mol. The Labute approximate surface area is 142 Å². The highest BCUT2D eigenvalue weighted by Gasteiger charge is 2.16. The summed E-state index contributed by atoms with van der Waals surface area (Å²) in [6.07, 6.45) is 1.70. The number of anilines is 1. The van der Waals surface area contributed by atoms with Gasteiger partial charge in [-0.05, 0) is 50.1 Å². The average molecular weight is 323 g/mol. The molecule has 0 aliphatic rings. The number of amides is 2. The lowest BCUT2D eigenvalue weighted by Gasteiger charge is -2.26. The molecule has 2 amide bonds. The maximum atomic E-state index is 12.3. The maximum absolute atomic E-state index is 12.3. The molecule has 0 aliphatic heterocycles. The summed E-state index contributed by atoms with van der Waals surface area (Å²) in [5, 5.41) is 11.9. The van der Waals surface area contributed by atoms with Gasteiger partial charge in [0.2, 0.25) is 0 Å². The molecule has 5 nitrogen and oxygen atoms in total. The number of benzene rings is 1. The molecule has 0 spiro atoms. The quantitative estimate of drug-likeness (QED) is 0.850. The van der Waals surface area contributed by atoms with Crippen molar-refractivity contribution in [2.45, 2.75) is 19.9 Å². The molecule has 2 aromatic rings. The van der Waals surface area contributed by atoms with Gasteiger partial charge < -0.3 is 15.3 Å². The van der Waals surface area contributed by atoms with E-state index in [1.165, 1.54) is 0 Å². The van der Waals surface area contributed by atoms with Crippen LogP contribution in [0, 0.1) is 11.8 Å². The molecule has 0 saturated heterocycles. The fraction of sp³-hybridized carbons (Fsp3) is 0.263. The number of nitrogens with zero attached hydrogens (tertiary/aromatic N) is 2. The standard InChI is InChI=1S/C19H21N3O2/c1-15(2)22(12-13-23)19(24)21-18-8-5-6-16(14-18)9-10-17-7-3-4-11-20-17/h3-8,11,14-15,23H,12-13H2,1-2H3,(H,21,24). The molecule has 0 saturated carbocycles. The van der Waals surface area contributed by atoms with Crippen LogP contribution >= 0.6 is 0 Å². The van der Waals surface area contributed by atoms with E-state index in [-0.39, 0.29) is 18.7 Å². The molecule has 2 N–H and O–H groups in total. The van der Waals surface area contributed by atoms with Crippen LogP contribution in [-0.4, -0.2) is 40.2 Å². The van der Waals surface area contributed by atoms with Crippen LogP contribution in [0.5, 0.6) is 0 Å². The Hall–Kier alpha value is -2.84. The second kappa shape index (κ2) is 8.70. The first-order valence-corrected chi connectivity index (χ1v) is 7.81. The number of aliphatic hydroxyl groups is 1. The SMILES string of the molecule is CC(C)N(CCO)C(=O)Nc1cccc(C#Cc2ccccn2)c1. The Bertz CT molecular complexity index is 733. The van der Waals surface area contributed by atoms with Crippen molar-refractivity contribution < 1.29 is 9.90 Å².